The standard InChI is InChI=1S/C21H23FN4O2S.CH2O2/c22-16-5-3-7-18(13-16)29(27,28)26-15-20(21-19(26)8-4-9-23-21)25-12-11-24-10-2-1-6-17(24)14-25;2-1-3/h3-5,7-9,13,15,17H,1-2,6,10-12,14H2;1H,(H,2,3). The van der Waals surface area contributed by atoms with Gasteiger partial charge in [-0.05, 0) is 49.7 Å². The minimum atomic E-state index is -3.93. The highest BCUT2D eigenvalue weighted by atomic mass is 32.2. The van der Waals surface area contributed by atoms with Gasteiger partial charge < -0.3 is 10.0 Å². The molecule has 1 atom stereocenters. The van der Waals surface area contributed by atoms with Gasteiger partial charge in [-0.2, -0.15) is 0 Å². The molecule has 5 rings (SSSR count). The zero-order chi connectivity index (χ0) is 22.7. The van der Waals surface area contributed by atoms with Crippen molar-refractivity contribution in [3.05, 3.63) is 54.6 Å². The molecule has 2 aromatic heterocycles. The van der Waals surface area contributed by atoms with E-state index in [-0.39, 0.29) is 11.4 Å². The van der Waals surface area contributed by atoms with Crippen LogP contribution < -0.4 is 4.90 Å². The second-order valence-electron chi connectivity index (χ2n) is 7.88. The molecule has 170 valence electrons. The van der Waals surface area contributed by atoms with E-state index < -0.39 is 15.8 Å². The normalized spacial score (nSPS) is 19.2. The molecule has 0 radical (unpaired) electrons. The van der Waals surface area contributed by atoms with E-state index in [0.29, 0.717) is 17.1 Å². The summed E-state index contributed by atoms with van der Waals surface area (Å²) in [5.74, 6) is -0.575. The number of nitrogens with zero attached hydrogens (tertiary/aromatic N) is 4. The average Bonchev–Trinajstić information content (AvgIpc) is 3.20. The van der Waals surface area contributed by atoms with Gasteiger partial charge in [0.1, 0.15) is 11.3 Å². The van der Waals surface area contributed by atoms with Gasteiger partial charge in [-0.25, -0.2) is 16.8 Å². The van der Waals surface area contributed by atoms with Gasteiger partial charge in [-0.1, -0.05) is 12.5 Å². The second-order valence-corrected chi connectivity index (χ2v) is 9.70. The van der Waals surface area contributed by atoms with Gasteiger partial charge in [0.05, 0.1) is 16.1 Å². The van der Waals surface area contributed by atoms with Gasteiger partial charge in [-0.15, -0.1) is 0 Å². The molecule has 2 fully saturated rings. The highest BCUT2D eigenvalue weighted by Gasteiger charge is 2.31. The third-order valence-corrected chi connectivity index (χ3v) is 7.71. The predicted octanol–water partition coefficient (Wildman–Crippen LogP) is 2.79. The van der Waals surface area contributed by atoms with Gasteiger partial charge >= 0.3 is 0 Å². The van der Waals surface area contributed by atoms with Crippen molar-refractivity contribution in [2.24, 2.45) is 0 Å². The second kappa shape index (κ2) is 9.25. The van der Waals surface area contributed by atoms with Gasteiger partial charge in [0.15, 0.2) is 0 Å². The molecule has 32 heavy (non-hydrogen) atoms. The summed E-state index contributed by atoms with van der Waals surface area (Å²) in [5, 5.41) is 6.89. The van der Waals surface area contributed by atoms with Crippen molar-refractivity contribution in [3.63, 3.8) is 0 Å². The molecule has 4 heterocycles. The van der Waals surface area contributed by atoms with Crippen LogP contribution in [0.1, 0.15) is 19.3 Å². The zero-order valence-electron chi connectivity index (χ0n) is 17.5. The third-order valence-electron chi connectivity index (χ3n) is 6.04. The summed E-state index contributed by atoms with van der Waals surface area (Å²) in [7, 11) is -3.93. The van der Waals surface area contributed by atoms with Crippen LogP contribution >= 0.6 is 0 Å². The number of anilines is 1. The van der Waals surface area contributed by atoms with E-state index in [0.717, 1.165) is 37.9 Å². The molecule has 0 spiro atoms. The van der Waals surface area contributed by atoms with Gasteiger partial charge in [0.25, 0.3) is 16.5 Å². The maximum absolute atomic E-state index is 13.7. The molecule has 1 unspecified atom stereocenters. The van der Waals surface area contributed by atoms with Crippen molar-refractivity contribution in [2.45, 2.75) is 30.2 Å². The molecule has 3 aromatic rings. The Morgan fingerprint density at radius 3 is 2.72 bits per heavy atom. The Hall–Kier alpha value is -2.98. The Morgan fingerprint density at radius 1 is 1.12 bits per heavy atom. The molecule has 1 N–H and O–H groups in total. The number of aromatic nitrogens is 2. The number of fused-ring (bicyclic) bond motifs is 2. The maximum atomic E-state index is 13.7. The number of rotatable bonds is 3. The molecule has 2 aliphatic rings. The van der Waals surface area contributed by atoms with Crippen molar-refractivity contribution in [3.8, 4) is 0 Å². The summed E-state index contributed by atoms with van der Waals surface area (Å²) in [6.45, 7) is 3.58. The number of carbonyl (C=O) groups is 1. The molecule has 0 aliphatic carbocycles. The van der Waals surface area contributed by atoms with Crippen molar-refractivity contribution < 1.29 is 22.7 Å². The lowest BCUT2D eigenvalue weighted by Gasteiger charge is -2.44. The highest BCUT2D eigenvalue weighted by molar-refractivity contribution is 7.90. The Morgan fingerprint density at radius 2 is 1.94 bits per heavy atom. The van der Waals surface area contributed by atoms with Crippen LogP contribution in [0.15, 0.2) is 53.7 Å². The summed E-state index contributed by atoms with van der Waals surface area (Å²) in [6, 6.07) is 9.10. The number of halogens is 1. The number of benzene rings is 1. The summed E-state index contributed by atoms with van der Waals surface area (Å²) >= 11 is 0. The molecule has 0 amide bonds. The molecular formula is C22H25FN4O4S. The fourth-order valence-corrected chi connectivity index (χ4v) is 5.94. The molecular weight excluding hydrogens is 435 g/mol. The number of hydrogen-bond donors (Lipinski definition) is 1. The Kier molecular flexibility index (Phi) is 6.43. The van der Waals surface area contributed by atoms with E-state index in [4.69, 9.17) is 9.90 Å². The molecule has 8 nitrogen and oxygen atoms in total. The molecule has 2 aliphatic heterocycles. The van der Waals surface area contributed by atoms with Crippen LogP contribution in [0.2, 0.25) is 0 Å². The van der Waals surface area contributed by atoms with Gasteiger partial charge in [-0.3, -0.25) is 14.7 Å². The Balaban J connectivity index is 0.000000775. The SMILES string of the molecule is O=CO.O=S(=O)(c1cccc(F)c1)n1cc(N2CCN3CCCCC3C2)c2ncccc21. The summed E-state index contributed by atoms with van der Waals surface area (Å²) in [4.78, 5) is 17.6. The molecule has 10 heteroatoms. The van der Waals surface area contributed by atoms with Crippen molar-refractivity contribution in [1.29, 1.82) is 0 Å². The first-order chi connectivity index (χ1) is 15.5. The van der Waals surface area contributed by atoms with Crippen molar-refractivity contribution >= 4 is 33.2 Å². The fraction of sp³-hybridized carbons (Fsp3) is 0.364. The van der Waals surface area contributed by atoms with E-state index in [1.54, 1.807) is 24.5 Å². The average molecular weight is 461 g/mol. The number of hydrogen-bond acceptors (Lipinski definition) is 6. The first kappa shape index (κ1) is 22.2. The first-order valence-electron chi connectivity index (χ1n) is 10.5. The van der Waals surface area contributed by atoms with E-state index in [9.17, 15) is 12.8 Å². The Labute approximate surface area is 185 Å². The molecule has 1 aromatic carbocycles. The van der Waals surface area contributed by atoms with Crippen LogP contribution in [-0.4, -0.2) is 66.1 Å². The van der Waals surface area contributed by atoms with Crippen LogP contribution in [0, 0.1) is 5.82 Å². The van der Waals surface area contributed by atoms with Crippen LogP contribution in [0.4, 0.5) is 10.1 Å². The number of pyridine rings is 1. The number of piperazine rings is 1. The summed E-state index contributed by atoms with van der Waals surface area (Å²) < 4.78 is 41.5. The Bertz CT molecular complexity index is 1210. The third kappa shape index (κ3) is 4.20. The summed E-state index contributed by atoms with van der Waals surface area (Å²) in [5.41, 5.74) is 2.00. The first-order valence-corrected chi connectivity index (χ1v) is 11.9. The maximum Gasteiger partial charge on any atom is 0.290 e. The van der Waals surface area contributed by atoms with Crippen LogP contribution in [0.25, 0.3) is 11.0 Å². The number of carboxylic acid groups (broad SMARTS) is 1. The minimum Gasteiger partial charge on any atom is -0.483 e. The summed E-state index contributed by atoms with van der Waals surface area (Å²) in [6.07, 6.45) is 6.99. The molecule has 0 bridgehead atoms. The van der Waals surface area contributed by atoms with E-state index in [1.165, 1.54) is 41.4 Å². The van der Waals surface area contributed by atoms with Crippen LogP contribution in [0.5, 0.6) is 0 Å². The lowest BCUT2D eigenvalue weighted by Crippen LogP contribution is -2.54. The minimum absolute atomic E-state index is 0.0677. The van der Waals surface area contributed by atoms with E-state index in [1.807, 2.05) is 0 Å². The number of piperidine rings is 1. The predicted molar refractivity (Wildman–Crippen MR) is 119 cm³/mol. The van der Waals surface area contributed by atoms with Gasteiger partial charge in [0, 0.05) is 38.1 Å². The molecule has 0 saturated carbocycles. The lowest BCUT2D eigenvalue weighted by atomic mass is 9.99. The largest absolute Gasteiger partial charge is 0.483 e. The van der Waals surface area contributed by atoms with E-state index >= 15 is 0 Å². The monoisotopic (exact) mass is 460 g/mol. The van der Waals surface area contributed by atoms with Crippen LogP contribution in [0.3, 0.4) is 0 Å². The quantitative estimate of drug-likeness (QED) is 0.601. The van der Waals surface area contributed by atoms with E-state index in [2.05, 4.69) is 14.8 Å². The zero-order valence-corrected chi connectivity index (χ0v) is 18.3. The van der Waals surface area contributed by atoms with Gasteiger partial charge in [0.2, 0.25) is 0 Å². The topological polar surface area (TPSA) is 95.7 Å². The lowest BCUT2D eigenvalue weighted by molar-refractivity contribution is -0.122. The molecule has 2 saturated heterocycles. The van der Waals surface area contributed by atoms with Crippen molar-refractivity contribution in [1.82, 2.24) is 13.9 Å². The smallest absolute Gasteiger partial charge is 0.290 e. The van der Waals surface area contributed by atoms with Crippen molar-refractivity contribution in [2.75, 3.05) is 31.1 Å². The highest BCUT2D eigenvalue weighted by Crippen LogP contribution is 2.33. The fourth-order valence-electron chi connectivity index (χ4n) is 4.56. The van der Waals surface area contributed by atoms with Crippen LogP contribution in [-0.2, 0) is 14.8 Å².